The lowest BCUT2D eigenvalue weighted by atomic mass is 10.1. The maximum atomic E-state index is 13.6. The molecule has 0 aliphatic carbocycles. The fourth-order valence-corrected chi connectivity index (χ4v) is 2.63. The molecule has 5 nitrogen and oxygen atoms in total. The van der Waals surface area contributed by atoms with Crippen molar-refractivity contribution in [2.45, 2.75) is 13.0 Å². The van der Waals surface area contributed by atoms with Crippen LogP contribution in [0, 0.1) is 17.5 Å². The van der Waals surface area contributed by atoms with Crippen LogP contribution in [0.5, 0.6) is 0 Å². The van der Waals surface area contributed by atoms with Gasteiger partial charge < -0.3 is 10.2 Å². The number of benzene rings is 2. The molecule has 2 aromatic rings. The maximum absolute atomic E-state index is 13.6. The van der Waals surface area contributed by atoms with E-state index in [1.54, 1.807) is 19.0 Å². The van der Waals surface area contributed by atoms with Crippen LogP contribution in [0.1, 0.15) is 18.5 Å². The number of halogens is 3. The molecule has 8 heteroatoms. The monoisotopic (exact) mass is 393 g/mol. The average Bonchev–Trinajstić information content (AvgIpc) is 2.67. The molecule has 2 rings (SSSR count). The van der Waals surface area contributed by atoms with Crippen LogP contribution in [-0.4, -0.2) is 48.8 Å². The molecule has 0 bridgehead atoms. The highest BCUT2D eigenvalue weighted by molar-refractivity contribution is 5.92. The second-order valence-corrected chi connectivity index (χ2v) is 6.53. The molecule has 28 heavy (non-hydrogen) atoms. The largest absolute Gasteiger partial charge is 0.338 e. The lowest BCUT2D eigenvalue weighted by Crippen LogP contribution is -2.40. The predicted octanol–water partition coefficient (Wildman–Crippen LogP) is 3.19. The van der Waals surface area contributed by atoms with Crippen molar-refractivity contribution in [3.8, 4) is 0 Å². The second kappa shape index (κ2) is 9.36. The number of amides is 2. The lowest BCUT2D eigenvalue weighted by molar-refractivity contribution is -0.133. The van der Waals surface area contributed by atoms with E-state index in [9.17, 15) is 22.8 Å². The third-order valence-electron chi connectivity index (χ3n) is 4.38. The van der Waals surface area contributed by atoms with Gasteiger partial charge >= 0.3 is 0 Å². The molecule has 0 aliphatic heterocycles. The van der Waals surface area contributed by atoms with Crippen molar-refractivity contribution in [2.75, 3.05) is 32.5 Å². The van der Waals surface area contributed by atoms with Crippen LogP contribution in [0.2, 0.25) is 0 Å². The minimum absolute atomic E-state index is 0.0403. The Morgan fingerprint density at radius 3 is 2.25 bits per heavy atom. The van der Waals surface area contributed by atoms with Crippen molar-refractivity contribution in [1.82, 2.24) is 9.80 Å². The highest BCUT2D eigenvalue weighted by Gasteiger charge is 2.20. The molecule has 0 aliphatic rings. The fourth-order valence-electron chi connectivity index (χ4n) is 2.63. The topological polar surface area (TPSA) is 52.7 Å². The van der Waals surface area contributed by atoms with Crippen LogP contribution < -0.4 is 5.32 Å². The molecule has 2 amide bonds. The van der Waals surface area contributed by atoms with Crippen molar-refractivity contribution < 1.29 is 22.8 Å². The van der Waals surface area contributed by atoms with Gasteiger partial charge in [-0.25, -0.2) is 13.2 Å². The number of nitrogens with one attached hydrogen (secondary N) is 1. The van der Waals surface area contributed by atoms with E-state index in [-0.39, 0.29) is 25.0 Å². The van der Waals surface area contributed by atoms with E-state index in [0.29, 0.717) is 0 Å². The summed E-state index contributed by atoms with van der Waals surface area (Å²) < 4.78 is 39.8. The molecule has 0 spiro atoms. The summed E-state index contributed by atoms with van der Waals surface area (Å²) in [7, 11) is 3.23. The molecule has 0 fully saturated rings. The summed E-state index contributed by atoms with van der Waals surface area (Å²) in [6.07, 6.45) is 0. The standard InChI is InChI=1S/C20H22F3N3O2/c1-13(14-7-5-4-6-8-14)26(3)18(28)12-25(2)11-17(27)24-16-10-9-15(21)19(22)20(16)23/h4-10,13H,11-12H2,1-3H3,(H,24,27)/t13-/m1/s1. The van der Waals surface area contributed by atoms with E-state index >= 15 is 0 Å². The summed E-state index contributed by atoms with van der Waals surface area (Å²) in [4.78, 5) is 27.5. The van der Waals surface area contributed by atoms with Crippen molar-refractivity contribution in [3.63, 3.8) is 0 Å². The third-order valence-corrected chi connectivity index (χ3v) is 4.38. The highest BCUT2D eigenvalue weighted by Crippen LogP contribution is 2.20. The number of hydrogen-bond donors (Lipinski definition) is 1. The molecular formula is C20H22F3N3O2. The Bertz CT molecular complexity index is 846. The first kappa shape index (κ1) is 21.4. The Morgan fingerprint density at radius 2 is 1.61 bits per heavy atom. The summed E-state index contributed by atoms with van der Waals surface area (Å²) in [5.74, 6) is -5.32. The van der Waals surface area contributed by atoms with Crippen LogP contribution >= 0.6 is 0 Å². The zero-order valence-corrected chi connectivity index (χ0v) is 15.9. The zero-order chi connectivity index (χ0) is 20.8. The molecule has 0 saturated carbocycles. The Hall–Kier alpha value is -2.87. The average molecular weight is 393 g/mol. The summed E-state index contributed by atoms with van der Waals surface area (Å²) in [5, 5.41) is 2.17. The summed E-state index contributed by atoms with van der Waals surface area (Å²) in [5.41, 5.74) is 0.519. The van der Waals surface area contributed by atoms with E-state index in [0.717, 1.165) is 17.7 Å². The number of nitrogens with zero attached hydrogens (tertiary/aromatic N) is 2. The Kier molecular flexibility index (Phi) is 7.17. The van der Waals surface area contributed by atoms with Gasteiger partial charge in [0.05, 0.1) is 24.8 Å². The number of carbonyl (C=O) groups is 2. The van der Waals surface area contributed by atoms with Gasteiger partial charge in [0.25, 0.3) is 0 Å². The minimum Gasteiger partial charge on any atom is -0.338 e. The fraction of sp³-hybridized carbons (Fsp3) is 0.300. The van der Waals surface area contributed by atoms with Crippen LogP contribution in [0.25, 0.3) is 0 Å². The van der Waals surface area contributed by atoms with Gasteiger partial charge in [-0.2, -0.15) is 0 Å². The third kappa shape index (κ3) is 5.32. The number of hydrogen-bond acceptors (Lipinski definition) is 3. The Morgan fingerprint density at radius 1 is 0.964 bits per heavy atom. The van der Waals surface area contributed by atoms with E-state index in [1.165, 1.54) is 4.90 Å². The molecule has 0 aromatic heterocycles. The van der Waals surface area contributed by atoms with Crippen LogP contribution in [0.15, 0.2) is 42.5 Å². The number of rotatable bonds is 7. The van der Waals surface area contributed by atoms with Crippen LogP contribution in [0.3, 0.4) is 0 Å². The normalized spacial score (nSPS) is 12.0. The molecule has 0 saturated heterocycles. The van der Waals surface area contributed by atoms with E-state index in [2.05, 4.69) is 5.32 Å². The van der Waals surface area contributed by atoms with E-state index in [4.69, 9.17) is 0 Å². The summed E-state index contributed by atoms with van der Waals surface area (Å²) >= 11 is 0. The smallest absolute Gasteiger partial charge is 0.238 e. The first-order chi connectivity index (χ1) is 13.2. The van der Waals surface area contributed by atoms with Gasteiger partial charge in [-0.15, -0.1) is 0 Å². The van der Waals surface area contributed by atoms with Gasteiger partial charge in [-0.1, -0.05) is 30.3 Å². The minimum atomic E-state index is -1.65. The van der Waals surface area contributed by atoms with Gasteiger partial charge in [0.15, 0.2) is 17.5 Å². The van der Waals surface area contributed by atoms with E-state index in [1.807, 2.05) is 37.3 Å². The van der Waals surface area contributed by atoms with Gasteiger partial charge in [0.2, 0.25) is 11.8 Å². The number of carbonyl (C=O) groups excluding carboxylic acids is 2. The summed E-state index contributed by atoms with van der Waals surface area (Å²) in [6, 6.07) is 11.0. The van der Waals surface area contributed by atoms with Crippen molar-refractivity contribution in [2.24, 2.45) is 0 Å². The van der Waals surface area contributed by atoms with Gasteiger partial charge in [0, 0.05) is 7.05 Å². The molecule has 2 aromatic carbocycles. The molecular weight excluding hydrogens is 371 g/mol. The molecule has 150 valence electrons. The Labute approximate surface area is 161 Å². The molecule has 1 N–H and O–H groups in total. The zero-order valence-electron chi connectivity index (χ0n) is 15.9. The number of likely N-dealkylation sites (N-methyl/N-ethyl adjacent to an activating group) is 2. The maximum Gasteiger partial charge on any atom is 0.238 e. The molecule has 1 atom stereocenters. The molecule has 0 radical (unpaired) electrons. The van der Waals surface area contributed by atoms with Crippen molar-refractivity contribution in [1.29, 1.82) is 0 Å². The SMILES string of the molecule is C[C@H](c1ccccc1)N(C)C(=O)CN(C)CC(=O)Nc1ccc(F)c(F)c1F. The van der Waals surface area contributed by atoms with Crippen LogP contribution in [0.4, 0.5) is 18.9 Å². The van der Waals surface area contributed by atoms with Crippen molar-refractivity contribution >= 4 is 17.5 Å². The predicted molar refractivity (Wildman–Crippen MR) is 100 cm³/mol. The van der Waals surface area contributed by atoms with Gasteiger partial charge in [0.1, 0.15) is 0 Å². The quantitative estimate of drug-likeness (QED) is 0.735. The van der Waals surface area contributed by atoms with Crippen LogP contribution in [-0.2, 0) is 9.59 Å². The van der Waals surface area contributed by atoms with Crippen molar-refractivity contribution in [3.05, 3.63) is 65.5 Å². The van der Waals surface area contributed by atoms with Gasteiger partial charge in [-0.3, -0.25) is 14.5 Å². The van der Waals surface area contributed by atoms with Gasteiger partial charge in [-0.05, 0) is 31.7 Å². The van der Waals surface area contributed by atoms with E-state index < -0.39 is 29.0 Å². The second-order valence-electron chi connectivity index (χ2n) is 6.53. The number of anilines is 1. The highest BCUT2D eigenvalue weighted by atomic mass is 19.2. The molecule has 0 unspecified atom stereocenters. The molecule has 0 heterocycles. The Balaban J connectivity index is 1.90. The summed E-state index contributed by atoms with van der Waals surface area (Å²) in [6.45, 7) is 1.63. The first-order valence-electron chi connectivity index (χ1n) is 8.63. The lowest BCUT2D eigenvalue weighted by Gasteiger charge is -2.27. The first-order valence-corrected chi connectivity index (χ1v) is 8.63.